The Kier molecular flexibility index (Phi) is 7.29. The van der Waals surface area contributed by atoms with Gasteiger partial charge in [0.05, 0.1) is 0 Å². The molecule has 0 aliphatic carbocycles. The molecule has 2 heteroatoms. The van der Waals surface area contributed by atoms with E-state index in [0.717, 1.165) is 32.6 Å². The second-order valence-corrected chi connectivity index (χ2v) is 4.13. The molecule has 0 aromatic heterocycles. The average molecular weight is 187 g/mol. The Balaban J connectivity index is 3.57. The maximum atomic E-state index is 5.75. The van der Waals surface area contributed by atoms with Crippen molar-refractivity contribution in [1.29, 1.82) is 0 Å². The Morgan fingerprint density at radius 3 is 2.23 bits per heavy atom. The molecule has 0 saturated carbocycles. The van der Waals surface area contributed by atoms with Gasteiger partial charge in [-0.3, -0.25) is 0 Å². The highest BCUT2D eigenvalue weighted by atomic mass is 16.5. The molecule has 0 saturated heterocycles. The summed E-state index contributed by atoms with van der Waals surface area (Å²) in [6.45, 7) is 9.12. The summed E-state index contributed by atoms with van der Waals surface area (Å²) in [6.07, 6.45) is 4.62. The van der Waals surface area contributed by atoms with E-state index < -0.39 is 0 Å². The largest absolute Gasteiger partial charge is 0.381 e. The lowest BCUT2D eigenvalue weighted by Crippen LogP contribution is -2.28. The molecule has 0 aliphatic rings. The SMILES string of the molecule is CCCOCCC(C)(CN)CCC. The van der Waals surface area contributed by atoms with Gasteiger partial charge in [0.15, 0.2) is 0 Å². The zero-order valence-electron chi connectivity index (χ0n) is 9.44. The number of ether oxygens (including phenoxy) is 1. The quantitative estimate of drug-likeness (QED) is 0.593. The van der Waals surface area contributed by atoms with Gasteiger partial charge in [0.25, 0.3) is 0 Å². The molecule has 0 spiro atoms. The third kappa shape index (κ3) is 6.05. The van der Waals surface area contributed by atoms with Crippen LogP contribution in [0, 0.1) is 5.41 Å². The van der Waals surface area contributed by atoms with Gasteiger partial charge < -0.3 is 10.5 Å². The maximum Gasteiger partial charge on any atom is 0.0471 e. The van der Waals surface area contributed by atoms with Crippen LogP contribution in [0.4, 0.5) is 0 Å². The smallest absolute Gasteiger partial charge is 0.0471 e. The van der Waals surface area contributed by atoms with Crippen molar-refractivity contribution in [3.05, 3.63) is 0 Å². The number of rotatable bonds is 8. The minimum Gasteiger partial charge on any atom is -0.381 e. The number of hydrogen-bond acceptors (Lipinski definition) is 2. The summed E-state index contributed by atoms with van der Waals surface area (Å²) in [4.78, 5) is 0. The van der Waals surface area contributed by atoms with E-state index in [1.54, 1.807) is 0 Å². The molecule has 1 atom stereocenters. The Morgan fingerprint density at radius 1 is 1.08 bits per heavy atom. The monoisotopic (exact) mass is 187 g/mol. The number of hydrogen-bond donors (Lipinski definition) is 1. The van der Waals surface area contributed by atoms with Crippen molar-refractivity contribution in [3.8, 4) is 0 Å². The topological polar surface area (TPSA) is 35.2 Å². The highest BCUT2D eigenvalue weighted by Crippen LogP contribution is 2.25. The average Bonchev–Trinajstić information content (AvgIpc) is 2.13. The van der Waals surface area contributed by atoms with E-state index in [0.29, 0.717) is 5.41 Å². The lowest BCUT2D eigenvalue weighted by atomic mass is 9.83. The molecule has 1 unspecified atom stereocenters. The van der Waals surface area contributed by atoms with Crippen molar-refractivity contribution in [2.24, 2.45) is 11.1 Å². The molecule has 0 rings (SSSR count). The molecule has 0 radical (unpaired) electrons. The van der Waals surface area contributed by atoms with E-state index in [1.807, 2.05) is 0 Å². The van der Waals surface area contributed by atoms with Crippen LogP contribution < -0.4 is 5.73 Å². The summed E-state index contributed by atoms with van der Waals surface area (Å²) >= 11 is 0. The van der Waals surface area contributed by atoms with E-state index in [-0.39, 0.29) is 0 Å². The first-order chi connectivity index (χ1) is 6.18. The lowest BCUT2D eigenvalue weighted by Gasteiger charge is -2.27. The van der Waals surface area contributed by atoms with E-state index >= 15 is 0 Å². The van der Waals surface area contributed by atoms with Crippen LogP contribution in [0.15, 0.2) is 0 Å². The fourth-order valence-electron chi connectivity index (χ4n) is 1.50. The molecule has 0 amide bonds. The van der Waals surface area contributed by atoms with Gasteiger partial charge in [-0.1, -0.05) is 27.2 Å². The van der Waals surface area contributed by atoms with Crippen LogP contribution in [0.25, 0.3) is 0 Å². The highest BCUT2D eigenvalue weighted by molar-refractivity contribution is 4.74. The lowest BCUT2D eigenvalue weighted by molar-refractivity contribution is 0.0980. The van der Waals surface area contributed by atoms with E-state index in [2.05, 4.69) is 20.8 Å². The summed E-state index contributed by atoms with van der Waals surface area (Å²) in [7, 11) is 0. The minimum atomic E-state index is 0.294. The fraction of sp³-hybridized carbons (Fsp3) is 1.00. The zero-order chi connectivity index (χ0) is 10.2. The van der Waals surface area contributed by atoms with Crippen LogP contribution in [0.5, 0.6) is 0 Å². The van der Waals surface area contributed by atoms with Crippen molar-refractivity contribution in [2.45, 2.75) is 46.5 Å². The molecule has 0 aromatic rings. The summed E-state index contributed by atoms with van der Waals surface area (Å²) in [5, 5.41) is 0. The molecular weight excluding hydrogens is 162 g/mol. The predicted octanol–water partition coefficient (Wildman–Crippen LogP) is 2.57. The molecule has 80 valence electrons. The van der Waals surface area contributed by atoms with Gasteiger partial charge in [0, 0.05) is 13.2 Å². The van der Waals surface area contributed by atoms with Gasteiger partial charge in [-0.15, -0.1) is 0 Å². The molecule has 0 fully saturated rings. The maximum absolute atomic E-state index is 5.75. The van der Waals surface area contributed by atoms with E-state index in [4.69, 9.17) is 10.5 Å². The molecule has 0 bridgehead atoms. The third-order valence-electron chi connectivity index (χ3n) is 2.54. The van der Waals surface area contributed by atoms with Crippen LogP contribution in [0.2, 0.25) is 0 Å². The van der Waals surface area contributed by atoms with Crippen molar-refractivity contribution in [3.63, 3.8) is 0 Å². The first-order valence-electron chi connectivity index (χ1n) is 5.46. The van der Waals surface area contributed by atoms with Crippen molar-refractivity contribution >= 4 is 0 Å². The summed E-state index contributed by atoms with van der Waals surface area (Å²) < 4.78 is 5.47. The van der Waals surface area contributed by atoms with Gasteiger partial charge in [-0.25, -0.2) is 0 Å². The van der Waals surface area contributed by atoms with Gasteiger partial charge in [0.1, 0.15) is 0 Å². The molecule has 0 aliphatic heterocycles. The Labute approximate surface area is 82.8 Å². The minimum absolute atomic E-state index is 0.294. The standard InChI is InChI=1S/C11H25NO/c1-4-6-11(3,10-12)7-9-13-8-5-2/h4-10,12H2,1-3H3. The summed E-state index contributed by atoms with van der Waals surface area (Å²) in [5.41, 5.74) is 6.05. The van der Waals surface area contributed by atoms with Crippen molar-refractivity contribution < 1.29 is 4.74 Å². The van der Waals surface area contributed by atoms with Crippen LogP contribution >= 0.6 is 0 Å². The summed E-state index contributed by atoms with van der Waals surface area (Å²) in [5.74, 6) is 0. The highest BCUT2D eigenvalue weighted by Gasteiger charge is 2.20. The van der Waals surface area contributed by atoms with Crippen molar-refractivity contribution in [2.75, 3.05) is 19.8 Å². The Morgan fingerprint density at radius 2 is 1.77 bits per heavy atom. The van der Waals surface area contributed by atoms with Gasteiger partial charge in [0.2, 0.25) is 0 Å². The van der Waals surface area contributed by atoms with E-state index in [1.165, 1.54) is 12.8 Å². The molecular formula is C11H25NO. The predicted molar refractivity (Wildman–Crippen MR) is 57.8 cm³/mol. The second-order valence-electron chi connectivity index (χ2n) is 4.13. The fourth-order valence-corrected chi connectivity index (χ4v) is 1.50. The Hall–Kier alpha value is -0.0800. The Bertz CT molecular complexity index is 117. The summed E-state index contributed by atoms with van der Waals surface area (Å²) in [6, 6.07) is 0. The van der Waals surface area contributed by atoms with Gasteiger partial charge >= 0.3 is 0 Å². The van der Waals surface area contributed by atoms with E-state index in [9.17, 15) is 0 Å². The molecule has 0 heterocycles. The first-order valence-corrected chi connectivity index (χ1v) is 5.46. The third-order valence-corrected chi connectivity index (χ3v) is 2.54. The number of nitrogens with two attached hydrogens (primary N) is 1. The normalized spacial score (nSPS) is 15.7. The van der Waals surface area contributed by atoms with Crippen LogP contribution in [-0.2, 0) is 4.74 Å². The second kappa shape index (κ2) is 7.34. The van der Waals surface area contributed by atoms with Gasteiger partial charge in [-0.05, 0) is 31.2 Å². The van der Waals surface area contributed by atoms with Crippen LogP contribution in [-0.4, -0.2) is 19.8 Å². The molecule has 13 heavy (non-hydrogen) atoms. The molecule has 0 aromatic carbocycles. The van der Waals surface area contributed by atoms with Gasteiger partial charge in [-0.2, -0.15) is 0 Å². The zero-order valence-corrected chi connectivity index (χ0v) is 9.44. The first kappa shape index (κ1) is 12.9. The van der Waals surface area contributed by atoms with Crippen LogP contribution in [0.1, 0.15) is 46.5 Å². The molecule has 2 N–H and O–H groups in total. The van der Waals surface area contributed by atoms with Crippen molar-refractivity contribution in [1.82, 2.24) is 0 Å². The molecule has 2 nitrogen and oxygen atoms in total. The van der Waals surface area contributed by atoms with Crippen LogP contribution in [0.3, 0.4) is 0 Å².